The first-order chi connectivity index (χ1) is 14.1. The highest BCUT2D eigenvalue weighted by Crippen LogP contribution is 2.26. The Hall–Kier alpha value is -2.32. The van der Waals surface area contributed by atoms with Crippen LogP contribution in [0, 0.1) is 5.92 Å². The minimum absolute atomic E-state index is 0.0215. The van der Waals surface area contributed by atoms with Gasteiger partial charge in [-0.2, -0.15) is 0 Å². The highest BCUT2D eigenvalue weighted by molar-refractivity contribution is 5.98. The van der Waals surface area contributed by atoms with E-state index in [0.717, 1.165) is 6.54 Å². The summed E-state index contributed by atoms with van der Waals surface area (Å²) in [4.78, 5) is 29.1. The van der Waals surface area contributed by atoms with Gasteiger partial charge < -0.3 is 25.0 Å². The molecule has 0 radical (unpaired) electrons. The lowest BCUT2D eigenvalue weighted by Gasteiger charge is -2.34. The minimum atomic E-state index is -0.299. The summed E-state index contributed by atoms with van der Waals surface area (Å²) in [5.74, 6) is 0.568. The number of rotatable bonds is 3. The summed E-state index contributed by atoms with van der Waals surface area (Å²) in [5, 5.41) is 5.58. The van der Waals surface area contributed by atoms with Crippen molar-refractivity contribution in [1.29, 1.82) is 0 Å². The Kier molecular flexibility index (Phi) is 8.49. The molecule has 1 aromatic rings. The van der Waals surface area contributed by atoms with Gasteiger partial charge >= 0.3 is 6.03 Å². The molecule has 0 aromatic heterocycles. The van der Waals surface area contributed by atoms with Crippen molar-refractivity contribution in [1.82, 2.24) is 15.1 Å². The lowest BCUT2D eigenvalue weighted by atomic mass is 10.0. The second-order valence-electron chi connectivity index (χ2n) is 8.50. The van der Waals surface area contributed by atoms with Crippen molar-refractivity contribution in [3.05, 3.63) is 23.8 Å². The molecule has 3 amide bonds. The fourth-order valence-electron chi connectivity index (χ4n) is 3.46. The first-order valence-corrected chi connectivity index (χ1v) is 10.4. The van der Waals surface area contributed by atoms with Crippen molar-refractivity contribution >= 4 is 17.6 Å². The van der Waals surface area contributed by atoms with E-state index in [0.29, 0.717) is 30.2 Å². The zero-order chi connectivity index (χ0) is 22.4. The third kappa shape index (κ3) is 6.34. The van der Waals surface area contributed by atoms with E-state index < -0.39 is 0 Å². The van der Waals surface area contributed by atoms with Crippen LogP contribution in [0.5, 0.6) is 5.75 Å². The van der Waals surface area contributed by atoms with Crippen molar-refractivity contribution in [2.75, 3.05) is 46.2 Å². The largest absolute Gasteiger partial charge is 0.491 e. The molecule has 8 heteroatoms. The highest BCUT2D eigenvalue weighted by Gasteiger charge is 2.27. The SMILES string of the molecule is CO[C@@H]1CN(C)C(=O)c2ccc(NC(=O)NC(C)C)cc2OC[C@@H](C)N(C)C[C@H]1C. The molecule has 0 aliphatic carbocycles. The second-order valence-corrected chi connectivity index (χ2v) is 8.50. The van der Waals surface area contributed by atoms with Gasteiger partial charge in [-0.1, -0.05) is 6.92 Å². The second kappa shape index (κ2) is 10.6. The van der Waals surface area contributed by atoms with E-state index in [1.165, 1.54) is 0 Å². The van der Waals surface area contributed by atoms with Crippen molar-refractivity contribution in [2.45, 2.75) is 45.9 Å². The molecular formula is C22H36N4O4. The summed E-state index contributed by atoms with van der Waals surface area (Å²) in [6.45, 7) is 9.74. The molecule has 8 nitrogen and oxygen atoms in total. The van der Waals surface area contributed by atoms with Crippen molar-refractivity contribution in [3.63, 3.8) is 0 Å². The summed E-state index contributed by atoms with van der Waals surface area (Å²) in [6, 6.07) is 4.98. The number of hydrogen-bond donors (Lipinski definition) is 2. The minimum Gasteiger partial charge on any atom is -0.491 e. The topological polar surface area (TPSA) is 83.1 Å². The first-order valence-electron chi connectivity index (χ1n) is 10.4. The number of amides is 3. The molecule has 0 unspecified atom stereocenters. The van der Waals surface area contributed by atoms with Gasteiger partial charge in [0.2, 0.25) is 0 Å². The van der Waals surface area contributed by atoms with Crippen LogP contribution in [0.1, 0.15) is 38.1 Å². The van der Waals surface area contributed by atoms with Crippen LogP contribution in [0.25, 0.3) is 0 Å². The van der Waals surface area contributed by atoms with E-state index in [4.69, 9.17) is 9.47 Å². The summed E-state index contributed by atoms with van der Waals surface area (Å²) >= 11 is 0. The fraction of sp³-hybridized carbons (Fsp3) is 0.636. The molecule has 2 rings (SSSR count). The van der Waals surface area contributed by atoms with Gasteiger partial charge in [0.25, 0.3) is 5.91 Å². The number of nitrogens with zero attached hydrogens (tertiary/aromatic N) is 2. The smallest absolute Gasteiger partial charge is 0.319 e. The number of anilines is 1. The molecule has 2 N–H and O–H groups in total. The maximum Gasteiger partial charge on any atom is 0.319 e. The molecule has 0 saturated carbocycles. The number of fused-ring (bicyclic) bond motifs is 1. The number of carbonyl (C=O) groups excluding carboxylic acids is 2. The number of likely N-dealkylation sites (N-methyl/N-ethyl adjacent to an activating group) is 2. The maximum atomic E-state index is 13.1. The third-order valence-corrected chi connectivity index (χ3v) is 5.44. The van der Waals surface area contributed by atoms with Crippen LogP contribution >= 0.6 is 0 Å². The van der Waals surface area contributed by atoms with Crippen molar-refractivity contribution in [3.8, 4) is 5.75 Å². The summed E-state index contributed by atoms with van der Waals surface area (Å²) in [7, 11) is 5.52. The Morgan fingerprint density at radius 2 is 1.93 bits per heavy atom. The molecule has 0 bridgehead atoms. The highest BCUT2D eigenvalue weighted by atomic mass is 16.5. The number of benzene rings is 1. The predicted molar refractivity (Wildman–Crippen MR) is 118 cm³/mol. The van der Waals surface area contributed by atoms with Crippen LogP contribution in [-0.2, 0) is 4.74 Å². The molecule has 0 fully saturated rings. The molecule has 168 valence electrons. The van der Waals surface area contributed by atoms with Crippen LogP contribution in [-0.4, -0.2) is 80.8 Å². The number of hydrogen-bond acceptors (Lipinski definition) is 5. The monoisotopic (exact) mass is 420 g/mol. The molecule has 1 heterocycles. The fourth-order valence-corrected chi connectivity index (χ4v) is 3.46. The maximum absolute atomic E-state index is 13.1. The summed E-state index contributed by atoms with van der Waals surface area (Å²) < 4.78 is 11.7. The summed E-state index contributed by atoms with van der Waals surface area (Å²) in [5.41, 5.74) is 1.03. The van der Waals surface area contributed by atoms with E-state index >= 15 is 0 Å². The zero-order valence-corrected chi connectivity index (χ0v) is 19.2. The van der Waals surface area contributed by atoms with Crippen LogP contribution in [0.2, 0.25) is 0 Å². The third-order valence-electron chi connectivity index (χ3n) is 5.44. The molecule has 1 aromatic carbocycles. The molecule has 0 spiro atoms. The van der Waals surface area contributed by atoms with Crippen molar-refractivity contribution < 1.29 is 19.1 Å². The van der Waals surface area contributed by atoms with E-state index in [9.17, 15) is 9.59 Å². The van der Waals surface area contributed by atoms with Crippen LogP contribution < -0.4 is 15.4 Å². The lowest BCUT2D eigenvalue weighted by Crippen LogP contribution is -2.45. The Morgan fingerprint density at radius 3 is 2.57 bits per heavy atom. The van der Waals surface area contributed by atoms with Gasteiger partial charge in [-0.05, 0) is 45.9 Å². The Labute approximate surface area is 179 Å². The molecule has 0 saturated heterocycles. The van der Waals surface area contributed by atoms with Crippen LogP contribution in [0.4, 0.5) is 10.5 Å². The lowest BCUT2D eigenvalue weighted by molar-refractivity contribution is 0.0150. The van der Waals surface area contributed by atoms with E-state index in [1.54, 1.807) is 37.3 Å². The van der Waals surface area contributed by atoms with Crippen LogP contribution in [0.15, 0.2) is 18.2 Å². The zero-order valence-electron chi connectivity index (χ0n) is 19.2. The average Bonchev–Trinajstić information content (AvgIpc) is 2.67. The molecular weight excluding hydrogens is 384 g/mol. The summed E-state index contributed by atoms with van der Waals surface area (Å²) in [6.07, 6.45) is -0.0712. The predicted octanol–water partition coefficient (Wildman–Crippen LogP) is 2.65. The van der Waals surface area contributed by atoms with Gasteiger partial charge in [0, 0.05) is 51.1 Å². The number of nitrogens with one attached hydrogen (secondary N) is 2. The standard InChI is InChI=1S/C22H36N4O4/c1-14(2)23-22(28)24-17-8-9-18-19(10-17)30-13-16(4)25(5)11-15(3)20(29-7)12-26(6)21(18)27/h8-10,14-16,20H,11-13H2,1-7H3,(H2,23,24,28)/t15-,16-,20-/m1/s1. The molecule has 1 aliphatic heterocycles. The molecule has 3 atom stereocenters. The quantitative estimate of drug-likeness (QED) is 0.786. The average molecular weight is 421 g/mol. The molecule has 1 aliphatic rings. The Balaban J connectivity index is 2.34. The first kappa shape index (κ1) is 24.0. The number of carbonyl (C=O) groups is 2. The van der Waals surface area contributed by atoms with E-state index in [1.807, 2.05) is 13.8 Å². The van der Waals surface area contributed by atoms with Crippen molar-refractivity contribution in [2.24, 2.45) is 5.92 Å². The normalized spacial score (nSPS) is 23.8. The van der Waals surface area contributed by atoms with Gasteiger partial charge in [-0.3, -0.25) is 9.69 Å². The van der Waals surface area contributed by atoms with Gasteiger partial charge in [-0.25, -0.2) is 4.79 Å². The van der Waals surface area contributed by atoms with Gasteiger partial charge in [-0.15, -0.1) is 0 Å². The van der Waals surface area contributed by atoms with Gasteiger partial charge in [0.1, 0.15) is 12.4 Å². The van der Waals surface area contributed by atoms with Gasteiger partial charge in [0.05, 0.1) is 11.7 Å². The Morgan fingerprint density at radius 1 is 1.23 bits per heavy atom. The van der Waals surface area contributed by atoms with Crippen LogP contribution in [0.3, 0.4) is 0 Å². The van der Waals surface area contributed by atoms with E-state index in [-0.39, 0.29) is 36.0 Å². The van der Waals surface area contributed by atoms with E-state index in [2.05, 4.69) is 36.4 Å². The molecule has 30 heavy (non-hydrogen) atoms. The number of ether oxygens (including phenoxy) is 2. The Bertz CT molecular complexity index is 740. The van der Waals surface area contributed by atoms with Gasteiger partial charge in [0.15, 0.2) is 0 Å². The number of urea groups is 1. The number of methoxy groups -OCH3 is 1.